The lowest BCUT2D eigenvalue weighted by atomic mass is 10.0. The van der Waals surface area contributed by atoms with Crippen molar-refractivity contribution in [1.82, 2.24) is 4.57 Å². The number of aromatic nitrogens is 1. The van der Waals surface area contributed by atoms with Crippen molar-refractivity contribution in [3.63, 3.8) is 0 Å². The number of para-hydroxylation sites is 1. The summed E-state index contributed by atoms with van der Waals surface area (Å²) in [5.74, 6) is 0. The molecule has 7 aromatic rings. The Hall–Kier alpha value is -4.36. The Morgan fingerprint density at radius 1 is 0.364 bits per heavy atom. The molecule has 7 rings (SSSR count). The van der Waals surface area contributed by atoms with Crippen LogP contribution in [0.4, 0.5) is 0 Å². The van der Waals surface area contributed by atoms with Gasteiger partial charge in [-0.3, -0.25) is 0 Å². The number of fused-ring (bicyclic) bond motifs is 5. The number of nitrogens with zero attached hydrogens (tertiary/aromatic N) is 1. The van der Waals surface area contributed by atoms with Gasteiger partial charge in [0.2, 0.25) is 0 Å². The molecule has 0 aliphatic heterocycles. The molecule has 0 fully saturated rings. The Bertz CT molecular complexity index is 1800. The van der Waals surface area contributed by atoms with Gasteiger partial charge < -0.3 is 4.57 Å². The highest BCUT2D eigenvalue weighted by atomic mass is 15.0. The highest BCUT2D eigenvalue weighted by Gasteiger charge is 2.13. The molecule has 1 heteroatoms. The van der Waals surface area contributed by atoms with E-state index in [0.717, 1.165) is 0 Å². The maximum Gasteiger partial charge on any atom is 0.0547 e. The van der Waals surface area contributed by atoms with Crippen molar-refractivity contribution in [3.8, 4) is 16.8 Å². The van der Waals surface area contributed by atoms with Crippen LogP contribution in [0.3, 0.4) is 0 Å². The first kappa shape index (κ1) is 18.2. The van der Waals surface area contributed by atoms with E-state index in [0.29, 0.717) is 0 Å². The predicted molar refractivity (Wildman–Crippen MR) is 141 cm³/mol. The lowest BCUT2D eigenvalue weighted by molar-refractivity contribution is 1.18. The summed E-state index contributed by atoms with van der Waals surface area (Å²) < 4.78 is 2.39. The molecule has 6 aromatic carbocycles. The molecule has 0 aliphatic rings. The summed E-state index contributed by atoms with van der Waals surface area (Å²) in [5, 5.41) is 7.67. The molecular weight excluding hydrogens is 398 g/mol. The largest absolute Gasteiger partial charge is 0.309 e. The number of hydrogen-bond donors (Lipinski definition) is 0. The molecule has 0 N–H and O–H groups in total. The molecule has 0 saturated carbocycles. The fraction of sp³-hybridized carbons (Fsp3) is 0. The maximum atomic E-state index is 2.39. The third-order valence-corrected chi connectivity index (χ3v) is 6.75. The van der Waals surface area contributed by atoms with Gasteiger partial charge >= 0.3 is 0 Å². The standard InChI is InChI=1S/C32H21N/c1-2-8-24-19-27(14-13-22(24)7-1)23-15-17-28(18-16-23)33-31-12-6-5-11-29(31)30-20-25-9-3-4-10-26(25)21-32(30)33/h1-21H. The minimum Gasteiger partial charge on any atom is -0.309 e. The van der Waals surface area contributed by atoms with Crippen LogP contribution in [0.1, 0.15) is 0 Å². The first-order valence-electron chi connectivity index (χ1n) is 11.4. The van der Waals surface area contributed by atoms with Gasteiger partial charge in [-0.15, -0.1) is 0 Å². The van der Waals surface area contributed by atoms with Gasteiger partial charge in [0.05, 0.1) is 11.0 Å². The van der Waals surface area contributed by atoms with Crippen LogP contribution in [0.25, 0.3) is 60.2 Å². The zero-order valence-corrected chi connectivity index (χ0v) is 18.1. The summed E-state index contributed by atoms with van der Waals surface area (Å²) in [6.07, 6.45) is 0. The van der Waals surface area contributed by atoms with Crippen molar-refractivity contribution in [2.45, 2.75) is 0 Å². The molecule has 0 bridgehead atoms. The van der Waals surface area contributed by atoms with Gasteiger partial charge in [-0.1, -0.05) is 91.0 Å². The van der Waals surface area contributed by atoms with Gasteiger partial charge in [0.15, 0.2) is 0 Å². The van der Waals surface area contributed by atoms with Crippen molar-refractivity contribution in [2.24, 2.45) is 0 Å². The van der Waals surface area contributed by atoms with Gasteiger partial charge in [0.25, 0.3) is 0 Å². The lowest BCUT2D eigenvalue weighted by Gasteiger charge is -2.10. The molecule has 0 radical (unpaired) electrons. The van der Waals surface area contributed by atoms with Crippen LogP contribution in [0, 0.1) is 0 Å². The number of rotatable bonds is 2. The first-order chi connectivity index (χ1) is 16.3. The Morgan fingerprint density at radius 2 is 0.970 bits per heavy atom. The van der Waals surface area contributed by atoms with Crippen LogP contribution in [-0.2, 0) is 0 Å². The van der Waals surface area contributed by atoms with Crippen LogP contribution in [0.15, 0.2) is 127 Å². The van der Waals surface area contributed by atoms with Crippen LogP contribution in [0.5, 0.6) is 0 Å². The topological polar surface area (TPSA) is 4.93 Å². The number of hydrogen-bond acceptors (Lipinski definition) is 0. The van der Waals surface area contributed by atoms with E-state index in [-0.39, 0.29) is 0 Å². The number of benzene rings is 6. The quantitative estimate of drug-likeness (QED) is 0.264. The highest BCUT2D eigenvalue weighted by molar-refractivity contribution is 6.13. The van der Waals surface area contributed by atoms with Gasteiger partial charge in [0, 0.05) is 16.5 Å². The second-order valence-electron chi connectivity index (χ2n) is 8.68. The molecule has 0 atom stereocenters. The monoisotopic (exact) mass is 419 g/mol. The van der Waals surface area contributed by atoms with Gasteiger partial charge in [-0.25, -0.2) is 0 Å². The molecule has 0 spiro atoms. The lowest BCUT2D eigenvalue weighted by Crippen LogP contribution is -1.93. The smallest absolute Gasteiger partial charge is 0.0547 e. The van der Waals surface area contributed by atoms with E-state index < -0.39 is 0 Å². The van der Waals surface area contributed by atoms with E-state index in [1.165, 1.54) is 60.2 Å². The summed E-state index contributed by atoms with van der Waals surface area (Å²) >= 11 is 0. The third-order valence-electron chi connectivity index (χ3n) is 6.75. The molecule has 1 aromatic heterocycles. The second kappa shape index (κ2) is 7.08. The Morgan fingerprint density at radius 3 is 1.76 bits per heavy atom. The minimum absolute atomic E-state index is 1.18. The molecule has 33 heavy (non-hydrogen) atoms. The van der Waals surface area contributed by atoms with E-state index in [9.17, 15) is 0 Å². The zero-order valence-electron chi connectivity index (χ0n) is 18.1. The molecule has 0 amide bonds. The Balaban J connectivity index is 1.42. The summed E-state index contributed by atoms with van der Waals surface area (Å²) in [4.78, 5) is 0. The fourth-order valence-electron chi connectivity index (χ4n) is 5.11. The summed E-state index contributed by atoms with van der Waals surface area (Å²) in [5.41, 5.74) is 6.14. The SMILES string of the molecule is c1ccc2cc(-c3ccc(-n4c5ccccc5c5cc6ccccc6cc54)cc3)ccc2c1. The van der Waals surface area contributed by atoms with Crippen molar-refractivity contribution in [3.05, 3.63) is 127 Å². The van der Waals surface area contributed by atoms with E-state index in [4.69, 9.17) is 0 Å². The molecule has 1 heterocycles. The maximum absolute atomic E-state index is 2.39. The van der Waals surface area contributed by atoms with Gasteiger partial charge in [-0.05, 0) is 69.1 Å². The van der Waals surface area contributed by atoms with Crippen molar-refractivity contribution in [1.29, 1.82) is 0 Å². The first-order valence-corrected chi connectivity index (χ1v) is 11.4. The summed E-state index contributed by atoms with van der Waals surface area (Å²) in [7, 11) is 0. The van der Waals surface area contributed by atoms with Crippen molar-refractivity contribution >= 4 is 43.4 Å². The predicted octanol–water partition coefficient (Wildman–Crippen LogP) is 8.76. The minimum atomic E-state index is 1.18. The molecule has 0 saturated heterocycles. The zero-order chi connectivity index (χ0) is 21.8. The summed E-state index contributed by atoms with van der Waals surface area (Å²) in [6, 6.07) is 46.1. The van der Waals surface area contributed by atoms with Crippen molar-refractivity contribution < 1.29 is 0 Å². The molecule has 1 nitrogen and oxygen atoms in total. The molecule has 0 aliphatic carbocycles. The molecule has 0 unspecified atom stereocenters. The fourth-order valence-corrected chi connectivity index (χ4v) is 5.11. The van der Waals surface area contributed by atoms with E-state index in [1.54, 1.807) is 0 Å². The third kappa shape index (κ3) is 2.86. The molecule has 154 valence electrons. The second-order valence-corrected chi connectivity index (χ2v) is 8.68. The van der Waals surface area contributed by atoms with Crippen LogP contribution in [0.2, 0.25) is 0 Å². The normalized spacial score (nSPS) is 11.6. The van der Waals surface area contributed by atoms with E-state index >= 15 is 0 Å². The van der Waals surface area contributed by atoms with E-state index in [1.807, 2.05) is 0 Å². The van der Waals surface area contributed by atoms with Gasteiger partial charge in [-0.2, -0.15) is 0 Å². The highest BCUT2D eigenvalue weighted by Crippen LogP contribution is 2.35. The van der Waals surface area contributed by atoms with Crippen molar-refractivity contribution in [2.75, 3.05) is 0 Å². The Kier molecular flexibility index (Phi) is 3.91. The summed E-state index contributed by atoms with van der Waals surface area (Å²) in [6.45, 7) is 0. The Labute approximate surface area is 192 Å². The average molecular weight is 420 g/mol. The van der Waals surface area contributed by atoms with E-state index in [2.05, 4.69) is 132 Å². The van der Waals surface area contributed by atoms with Gasteiger partial charge in [0.1, 0.15) is 0 Å². The van der Waals surface area contributed by atoms with Crippen LogP contribution >= 0.6 is 0 Å². The van der Waals surface area contributed by atoms with Crippen LogP contribution < -0.4 is 0 Å². The average Bonchev–Trinajstić information content (AvgIpc) is 3.20. The molecular formula is C32H21N. The van der Waals surface area contributed by atoms with Crippen LogP contribution in [-0.4, -0.2) is 4.57 Å².